The highest BCUT2D eigenvalue weighted by Crippen LogP contribution is 2.38. The molecule has 34 heavy (non-hydrogen) atoms. The quantitative estimate of drug-likeness (QED) is 0.497. The third-order valence-corrected chi connectivity index (χ3v) is 5.57. The Morgan fingerprint density at radius 2 is 1.79 bits per heavy atom. The number of nitrogens with one attached hydrogen (secondary N) is 3. The number of pyridine rings is 1. The minimum absolute atomic E-state index is 0.0327. The van der Waals surface area contributed by atoms with Crippen molar-refractivity contribution in [3.8, 4) is 0 Å². The maximum Gasteiger partial charge on any atom is 0.419 e. The van der Waals surface area contributed by atoms with Crippen molar-refractivity contribution >= 4 is 40.4 Å². The fourth-order valence-electron chi connectivity index (χ4n) is 3.81. The number of rotatable bonds is 5. The summed E-state index contributed by atoms with van der Waals surface area (Å²) in [5.41, 5.74) is 1.61. The number of carbonyl (C=O) groups excluding carboxylic acids is 2. The fourth-order valence-corrected chi connectivity index (χ4v) is 3.81. The van der Waals surface area contributed by atoms with Crippen molar-refractivity contribution in [1.82, 2.24) is 10.3 Å². The van der Waals surface area contributed by atoms with E-state index in [2.05, 4.69) is 20.9 Å². The molecule has 3 N–H and O–H groups in total. The maximum absolute atomic E-state index is 13.7. The number of benzene rings is 2. The average molecular weight is 469 g/mol. The Balaban J connectivity index is 1.67. The first kappa shape index (κ1) is 23.1. The van der Waals surface area contributed by atoms with Crippen LogP contribution in [0.3, 0.4) is 0 Å². The molecule has 2 heterocycles. The van der Waals surface area contributed by atoms with Crippen LogP contribution in [0.4, 0.5) is 41.7 Å². The zero-order valence-electron chi connectivity index (χ0n) is 18.5. The van der Waals surface area contributed by atoms with E-state index >= 15 is 0 Å². The highest BCUT2D eigenvalue weighted by atomic mass is 19.4. The molecule has 10 heteroatoms. The van der Waals surface area contributed by atoms with Gasteiger partial charge in [-0.25, -0.2) is 4.98 Å². The molecule has 4 rings (SSSR count). The zero-order chi connectivity index (χ0) is 24.5. The van der Waals surface area contributed by atoms with Crippen LogP contribution in [-0.4, -0.2) is 30.9 Å². The fraction of sp³-hybridized carbons (Fsp3) is 0.208. The summed E-state index contributed by atoms with van der Waals surface area (Å²) in [6.45, 7) is 0. The summed E-state index contributed by atoms with van der Waals surface area (Å²) in [4.78, 5) is 29.6. The minimum Gasteiger partial charge on any atom is -0.355 e. The van der Waals surface area contributed by atoms with Gasteiger partial charge in [0.15, 0.2) is 0 Å². The summed E-state index contributed by atoms with van der Waals surface area (Å²) >= 11 is 0. The Kier molecular flexibility index (Phi) is 6.14. The zero-order valence-corrected chi connectivity index (χ0v) is 18.5. The summed E-state index contributed by atoms with van der Waals surface area (Å²) in [7, 11) is 3.15. The van der Waals surface area contributed by atoms with E-state index in [0.717, 1.165) is 17.4 Å². The lowest BCUT2D eigenvalue weighted by atomic mass is 10.0. The molecule has 1 aliphatic rings. The third-order valence-electron chi connectivity index (χ3n) is 5.57. The van der Waals surface area contributed by atoms with Crippen molar-refractivity contribution in [2.24, 2.45) is 0 Å². The first-order valence-electron chi connectivity index (χ1n) is 10.5. The van der Waals surface area contributed by atoms with Gasteiger partial charge in [0.05, 0.1) is 22.5 Å². The van der Waals surface area contributed by atoms with Crippen molar-refractivity contribution < 1.29 is 22.8 Å². The summed E-state index contributed by atoms with van der Waals surface area (Å²) in [5, 5.41) is 8.25. The smallest absolute Gasteiger partial charge is 0.355 e. The van der Waals surface area contributed by atoms with Gasteiger partial charge in [-0.3, -0.25) is 9.59 Å². The van der Waals surface area contributed by atoms with E-state index in [1.807, 2.05) is 6.07 Å². The maximum atomic E-state index is 13.7. The number of halogens is 3. The van der Waals surface area contributed by atoms with E-state index in [-0.39, 0.29) is 28.7 Å². The molecule has 0 saturated heterocycles. The van der Waals surface area contributed by atoms with Gasteiger partial charge in [-0.2, -0.15) is 13.2 Å². The van der Waals surface area contributed by atoms with Crippen molar-refractivity contribution in [2.45, 2.75) is 19.0 Å². The van der Waals surface area contributed by atoms with E-state index in [1.165, 1.54) is 25.2 Å². The molecule has 0 spiro atoms. The molecule has 1 aromatic heterocycles. The van der Waals surface area contributed by atoms with E-state index in [4.69, 9.17) is 0 Å². The molecule has 2 aromatic carbocycles. The van der Waals surface area contributed by atoms with Gasteiger partial charge in [0.2, 0.25) is 5.91 Å². The molecule has 0 atom stereocenters. The van der Waals surface area contributed by atoms with Crippen LogP contribution < -0.4 is 20.9 Å². The van der Waals surface area contributed by atoms with Crippen LogP contribution in [0, 0.1) is 0 Å². The van der Waals surface area contributed by atoms with Crippen LogP contribution in [0.5, 0.6) is 0 Å². The second-order valence-electron chi connectivity index (χ2n) is 7.78. The Morgan fingerprint density at radius 3 is 2.53 bits per heavy atom. The van der Waals surface area contributed by atoms with Crippen molar-refractivity contribution in [2.75, 3.05) is 29.6 Å². The molecule has 0 aliphatic carbocycles. The summed E-state index contributed by atoms with van der Waals surface area (Å²) in [5.74, 6) is -0.208. The predicted molar refractivity (Wildman–Crippen MR) is 124 cm³/mol. The average Bonchev–Trinajstić information content (AvgIpc) is 2.81. The lowest BCUT2D eigenvalue weighted by Crippen LogP contribution is -2.31. The van der Waals surface area contributed by atoms with Gasteiger partial charge in [0.1, 0.15) is 5.82 Å². The first-order chi connectivity index (χ1) is 16.2. The summed E-state index contributed by atoms with van der Waals surface area (Å²) < 4.78 is 41.0. The van der Waals surface area contributed by atoms with E-state index in [1.54, 1.807) is 36.2 Å². The van der Waals surface area contributed by atoms with Crippen LogP contribution in [0.2, 0.25) is 0 Å². The van der Waals surface area contributed by atoms with Crippen LogP contribution >= 0.6 is 0 Å². The molecular formula is C24H22F3N5O2. The molecule has 0 radical (unpaired) electrons. The van der Waals surface area contributed by atoms with Gasteiger partial charge in [-0.15, -0.1) is 0 Å². The minimum atomic E-state index is -4.65. The highest BCUT2D eigenvalue weighted by molar-refractivity contribution is 6.00. The number of carbonyl (C=O) groups is 2. The summed E-state index contributed by atoms with van der Waals surface area (Å²) in [6, 6.07) is 12.9. The van der Waals surface area contributed by atoms with Gasteiger partial charge in [0.25, 0.3) is 5.91 Å². The van der Waals surface area contributed by atoms with Crippen molar-refractivity contribution in [3.05, 3.63) is 71.4 Å². The standard InChI is InChI=1S/C24H22F3N5O2/c1-28-23(34)16-5-3-4-6-18(16)31-19-12-21(29-13-17(19)24(25,26)27)30-15-8-9-20-14(11-15)7-10-22(33)32(20)2/h3-6,8-9,11-13H,7,10H2,1-2H3,(H,28,34)(H2,29,30,31). The van der Waals surface area contributed by atoms with Gasteiger partial charge in [0, 0.05) is 44.2 Å². The number of anilines is 5. The lowest BCUT2D eigenvalue weighted by molar-refractivity contribution is -0.137. The van der Waals surface area contributed by atoms with Gasteiger partial charge < -0.3 is 20.9 Å². The molecule has 0 unspecified atom stereocenters. The van der Waals surface area contributed by atoms with Crippen molar-refractivity contribution in [3.63, 3.8) is 0 Å². The van der Waals surface area contributed by atoms with Gasteiger partial charge >= 0.3 is 6.18 Å². The molecule has 7 nitrogen and oxygen atoms in total. The number of hydrogen-bond acceptors (Lipinski definition) is 5. The van der Waals surface area contributed by atoms with Crippen LogP contribution in [0.1, 0.15) is 27.9 Å². The van der Waals surface area contributed by atoms with Crippen LogP contribution in [0.15, 0.2) is 54.7 Å². The molecule has 0 bridgehead atoms. The molecule has 0 fully saturated rings. The number of para-hydroxylation sites is 1. The van der Waals surface area contributed by atoms with Gasteiger partial charge in [-0.05, 0) is 42.3 Å². The molecule has 2 amide bonds. The Bertz CT molecular complexity index is 1260. The second-order valence-corrected chi connectivity index (χ2v) is 7.78. The monoisotopic (exact) mass is 469 g/mol. The number of hydrogen-bond donors (Lipinski definition) is 3. The lowest BCUT2D eigenvalue weighted by Gasteiger charge is -2.26. The molecule has 3 aromatic rings. The molecule has 176 valence electrons. The molecule has 0 saturated carbocycles. The predicted octanol–water partition coefficient (Wildman–Crippen LogP) is 4.86. The highest BCUT2D eigenvalue weighted by Gasteiger charge is 2.34. The summed E-state index contributed by atoms with van der Waals surface area (Å²) in [6.07, 6.45) is -2.93. The number of nitrogens with zero attached hydrogens (tertiary/aromatic N) is 2. The second kappa shape index (κ2) is 9.05. The molecular weight excluding hydrogens is 447 g/mol. The van der Waals surface area contributed by atoms with E-state index in [9.17, 15) is 22.8 Å². The Hall–Kier alpha value is -4.08. The normalized spacial score (nSPS) is 13.3. The van der Waals surface area contributed by atoms with E-state index < -0.39 is 17.6 Å². The number of aryl methyl sites for hydroxylation is 1. The Labute approximate surface area is 194 Å². The SMILES string of the molecule is CNC(=O)c1ccccc1Nc1cc(Nc2ccc3c(c2)CCC(=O)N3C)ncc1C(F)(F)F. The first-order valence-corrected chi connectivity index (χ1v) is 10.5. The van der Waals surface area contributed by atoms with Crippen molar-refractivity contribution in [1.29, 1.82) is 0 Å². The topological polar surface area (TPSA) is 86.4 Å². The number of aromatic nitrogens is 1. The number of amides is 2. The van der Waals surface area contributed by atoms with Gasteiger partial charge in [-0.1, -0.05) is 12.1 Å². The number of alkyl halides is 3. The van der Waals surface area contributed by atoms with Crippen LogP contribution in [-0.2, 0) is 17.4 Å². The third kappa shape index (κ3) is 4.66. The molecule has 1 aliphatic heterocycles. The Morgan fingerprint density at radius 1 is 1.03 bits per heavy atom. The largest absolute Gasteiger partial charge is 0.419 e. The number of fused-ring (bicyclic) bond motifs is 1. The van der Waals surface area contributed by atoms with E-state index in [0.29, 0.717) is 18.5 Å². The van der Waals surface area contributed by atoms with Crippen LogP contribution in [0.25, 0.3) is 0 Å².